The first kappa shape index (κ1) is 13.9. The van der Waals surface area contributed by atoms with E-state index in [9.17, 15) is 5.26 Å². The summed E-state index contributed by atoms with van der Waals surface area (Å²) in [5, 5.41) is 17.1. The molecule has 21 heavy (non-hydrogen) atoms. The number of hydrogen-bond donors (Lipinski definition) is 1. The van der Waals surface area contributed by atoms with Crippen LogP contribution in [0.3, 0.4) is 0 Å². The van der Waals surface area contributed by atoms with Crippen molar-refractivity contribution >= 4 is 10.9 Å². The molecule has 5 nitrogen and oxygen atoms in total. The van der Waals surface area contributed by atoms with Gasteiger partial charge in [0.1, 0.15) is 23.5 Å². The van der Waals surface area contributed by atoms with Crippen molar-refractivity contribution in [3.8, 4) is 11.8 Å². The number of fused-ring (bicyclic) bond motifs is 1. The molecule has 110 valence electrons. The Labute approximate surface area is 124 Å². The van der Waals surface area contributed by atoms with Crippen LogP contribution in [0.4, 0.5) is 0 Å². The van der Waals surface area contributed by atoms with Crippen molar-refractivity contribution in [1.82, 2.24) is 15.1 Å². The molecule has 0 aliphatic heterocycles. The second kappa shape index (κ2) is 5.74. The molecule has 1 aromatic carbocycles. The predicted molar refractivity (Wildman–Crippen MR) is 81.2 cm³/mol. The highest BCUT2D eigenvalue weighted by Gasteiger charge is 2.25. The van der Waals surface area contributed by atoms with Gasteiger partial charge in [-0.15, -0.1) is 0 Å². The van der Waals surface area contributed by atoms with E-state index in [1.54, 1.807) is 6.20 Å². The Kier molecular flexibility index (Phi) is 3.80. The zero-order valence-corrected chi connectivity index (χ0v) is 12.5. The minimum atomic E-state index is 0.183. The van der Waals surface area contributed by atoms with Crippen molar-refractivity contribution in [3.05, 3.63) is 23.9 Å². The van der Waals surface area contributed by atoms with Crippen LogP contribution in [0.5, 0.6) is 5.75 Å². The monoisotopic (exact) mass is 284 g/mol. The molecule has 0 bridgehead atoms. The molecule has 2 aromatic rings. The first-order valence-corrected chi connectivity index (χ1v) is 7.38. The maximum Gasteiger partial charge on any atom is 0.138 e. The van der Waals surface area contributed by atoms with Gasteiger partial charge in [-0.2, -0.15) is 10.4 Å². The lowest BCUT2D eigenvalue weighted by Crippen LogP contribution is -2.37. The summed E-state index contributed by atoms with van der Waals surface area (Å²) in [6.45, 7) is 0. The highest BCUT2D eigenvalue weighted by Crippen LogP contribution is 2.30. The van der Waals surface area contributed by atoms with Gasteiger partial charge >= 0.3 is 0 Å². The lowest BCUT2D eigenvalue weighted by atomic mass is 9.92. The number of aromatic nitrogens is 2. The van der Waals surface area contributed by atoms with Gasteiger partial charge in [-0.3, -0.25) is 5.10 Å². The Morgan fingerprint density at radius 2 is 2.24 bits per heavy atom. The molecule has 1 heterocycles. The van der Waals surface area contributed by atoms with Gasteiger partial charge in [0, 0.05) is 11.4 Å². The minimum absolute atomic E-state index is 0.183. The molecule has 0 spiro atoms. The number of H-pyrrole nitrogens is 1. The van der Waals surface area contributed by atoms with Gasteiger partial charge in [0.25, 0.3) is 0 Å². The van der Waals surface area contributed by atoms with Crippen molar-refractivity contribution in [2.45, 2.75) is 37.8 Å². The summed E-state index contributed by atoms with van der Waals surface area (Å²) in [7, 11) is 4.23. The summed E-state index contributed by atoms with van der Waals surface area (Å²) in [5.41, 5.74) is 1.45. The van der Waals surface area contributed by atoms with Crippen LogP contribution in [0.15, 0.2) is 18.3 Å². The third-order valence-corrected chi connectivity index (χ3v) is 4.32. The second-order valence-corrected chi connectivity index (χ2v) is 5.91. The van der Waals surface area contributed by atoms with E-state index in [4.69, 9.17) is 4.74 Å². The third kappa shape index (κ3) is 2.72. The predicted octanol–water partition coefficient (Wildman–Crippen LogP) is 2.69. The summed E-state index contributed by atoms with van der Waals surface area (Å²) in [5.74, 6) is 0.677. The van der Waals surface area contributed by atoms with Gasteiger partial charge in [-0.05, 0) is 51.9 Å². The van der Waals surface area contributed by atoms with Crippen molar-refractivity contribution < 1.29 is 4.74 Å². The van der Waals surface area contributed by atoms with Crippen LogP contribution in [0.2, 0.25) is 0 Å². The number of nitrogens with zero attached hydrogens (tertiary/aromatic N) is 3. The van der Waals surface area contributed by atoms with E-state index < -0.39 is 0 Å². The third-order valence-electron chi connectivity index (χ3n) is 4.32. The topological polar surface area (TPSA) is 64.9 Å². The van der Waals surface area contributed by atoms with Gasteiger partial charge in [0.2, 0.25) is 0 Å². The molecular formula is C16H20N4O. The number of rotatable bonds is 3. The Bertz CT molecular complexity index is 670. The molecule has 0 saturated heterocycles. The second-order valence-electron chi connectivity index (χ2n) is 5.91. The molecule has 1 fully saturated rings. The van der Waals surface area contributed by atoms with Crippen molar-refractivity contribution in [1.29, 1.82) is 5.26 Å². The summed E-state index contributed by atoms with van der Waals surface area (Å²) in [6.07, 6.45) is 6.33. The fourth-order valence-corrected chi connectivity index (χ4v) is 3.09. The highest BCUT2D eigenvalue weighted by atomic mass is 16.5. The maximum absolute atomic E-state index is 9.42. The Balaban J connectivity index is 1.83. The van der Waals surface area contributed by atoms with Gasteiger partial charge in [-0.25, -0.2) is 0 Å². The summed E-state index contributed by atoms with van der Waals surface area (Å²) < 4.78 is 6.14. The first-order valence-electron chi connectivity index (χ1n) is 7.38. The van der Waals surface area contributed by atoms with E-state index in [0.29, 0.717) is 17.4 Å². The van der Waals surface area contributed by atoms with Crippen molar-refractivity contribution in [3.63, 3.8) is 0 Å². The van der Waals surface area contributed by atoms with E-state index >= 15 is 0 Å². The number of ether oxygens (including phenoxy) is 1. The molecule has 2 atom stereocenters. The molecule has 1 aliphatic carbocycles. The van der Waals surface area contributed by atoms with E-state index in [1.165, 1.54) is 12.8 Å². The Hall–Kier alpha value is -2.06. The number of hydrogen-bond acceptors (Lipinski definition) is 4. The molecule has 0 unspecified atom stereocenters. The van der Waals surface area contributed by atoms with E-state index in [2.05, 4.69) is 35.3 Å². The van der Waals surface area contributed by atoms with Crippen LogP contribution in [0, 0.1) is 11.3 Å². The van der Waals surface area contributed by atoms with Crippen LogP contribution in [-0.2, 0) is 0 Å². The van der Waals surface area contributed by atoms with Crippen molar-refractivity contribution in [2.75, 3.05) is 14.1 Å². The smallest absolute Gasteiger partial charge is 0.138 e. The fourth-order valence-electron chi connectivity index (χ4n) is 3.09. The SMILES string of the molecule is CN(C)[C@H]1CCC[C@@H](Oc2ccc3[nH]ncc3c2C#N)C1. The number of benzene rings is 1. The minimum Gasteiger partial charge on any atom is -0.489 e. The molecule has 1 aromatic heterocycles. The fraction of sp³-hybridized carbons (Fsp3) is 0.500. The summed E-state index contributed by atoms with van der Waals surface area (Å²) in [6, 6.07) is 6.61. The average Bonchev–Trinajstić information content (AvgIpc) is 2.96. The van der Waals surface area contributed by atoms with Crippen LogP contribution >= 0.6 is 0 Å². The highest BCUT2D eigenvalue weighted by molar-refractivity contribution is 5.86. The van der Waals surface area contributed by atoms with Crippen LogP contribution < -0.4 is 4.74 Å². The molecule has 1 N–H and O–H groups in total. The first-order chi connectivity index (χ1) is 10.2. The zero-order valence-electron chi connectivity index (χ0n) is 12.5. The van der Waals surface area contributed by atoms with Gasteiger partial charge in [-0.1, -0.05) is 0 Å². The van der Waals surface area contributed by atoms with Gasteiger partial charge in [0.15, 0.2) is 0 Å². The standard InChI is InChI=1S/C16H20N4O/c1-20(2)11-4-3-5-12(8-11)21-16-7-6-15-14(10-18-19-15)13(16)9-17/h6-7,10-12H,3-5,8H2,1-2H3,(H,18,19)/t11-,12+/m0/s1. The molecule has 0 amide bonds. The van der Waals surface area contributed by atoms with Gasteiger partial charge in [0.05, 0.1) is 11.7 Å². The van der Waals surface area contributed by atoms with E-state index in [-0.39, 0.29) is 6.10 Å². The van der Waals surface area contributed by atoms with Crippen molar-refractivity contribution in [2.24, 2.45) is 0 Å². The largest absolute Gasteiger partial charge is 0.489 e. The normalized spacial score (nSPS) is 22.4. The van der Waals surface area contributed by atoms with Crippen LogP contribution in [0.1, 0.15) is 31.2 Å². The Morgan fingerprint density at radius 3 is 3.00 bits per heavy atom. The molecule has 3 rings (SSSR count). The molecule has 5 heteroatoms. The molecule has 1 saturated carbocycles. The quantitative estimate of drug-likeness (QED) is 0.941. The summed E-state index contributed by atoms with van der Waals surface area (Å²) in [4.78, 5) is 2.26. The van der Waals surface area contributed by atoms with Gasteiger partial charge < -0.3 is 9.64 Å². The average molecular weight is 284 g/mol. The lowest BCUT2D eigenvalue weighted by Gasteiger charge is -2.33. The zero-order chi connectivity index (χ0) is 14.8. The lowest BCUT2D eigenvalue weighted by molar-refractivity contribution is 0.100. The van der Waals surface area contributed by atoms with E-state index in [0.717, 1.165) is 23.7 Å². The number of nitrogens with one attached hydrogen (secondary N) is 1. The Morgan fingerprint density at radius 1 is 1.38 bits per heavy atom. The molecule has 0 radical (unpaired) electrons. The molecular weight excluding hydrogens is 264 g/mol. The van der Waals surface area contributed by atoms with Crippen LogP contribution in [-0.4, -0.2) is 41.3 Å². The summed E-state index contributed by atoms with van der Waals surface area (Å²) >= 11 is 0. The number of nitriles is 1. The molecule has 1 aliphatic rings. The number of aromatic amines is 1. The van der Waals surface area contributed by atoms with E-state index in [1.807, 2.05) is 12.1 Å². The van der Waals surface area contributed by atoms with Crippen LogP contribution in [0.25, 0.3) is 10.9 Å². The maximum atomic E-state index is 9.42.